The molecule has 2 aliphatic heterocycles. The Labute approximate surface area is 85.3 Å². The zero-order valence-electron chi connectivity index (χ0n) is 8.67. The van der Waals surface area contributed by atoms with Crippen molar-refractivity contribution < 1.29 is 9.90 Å². The predicted octanol–water partition coefficient (Wildman–Crippen LogP) is 1.52. The minimum Gasteiger partial charge on any atom is -0.465 e. The number of piperidine rings is 1. The highest BCUT2D eigenvalue weighted by molar-refractivity contribution is 5.65. The van der Waals surface area contributed by atoms with E-state index in [1.807, 2.05) is 0 Å². The number of carboxylic acid groups (broad SMARTS) is 1. The first kappa shape index (κ1) is 11.3. The lowest BCUT2D eigenvalue weighted by Crippen LogP contribution is -2.25. The standard InChI is InChI=1S/C5H9NO2.C5H11N/c7-5(8)6-3-1-2-4-6;1-2-4-6-5-3-1/h1-4H2,(H,7,8);6H,1-5H2. The summed E-state index contributed by atoms with van der Waals surface area (Å²) in [5.41, 5.74) is 0. The Morgan fingerprint density at radius 2 is 1.57 bits per heavy atom. The third kappa shape index (κ3) is 4.46. The number of amides is 1. The molecule has 0 bridgehead atoms. The molecule has 0 spiro atoms. The molecule has 2 N–H and O–H groups in total. The third-order valence-corrected chi connectivity index (χ3v) is 2.58. The van der Waals surface area contributed by atoms with Gasteiger partial charge >= 0.3 is 6.09 Å². The monoisotopic (exact) mass is 200 g/mol. The zero-order chi connectivity index (χ0) is 10.2. The van der Waals surface area contributed by atoms with Crippen LogP contribution in [0.25, 0.3) is 0 Å². The molecule has 2 rings (SSSR count). The molecule has 0 aliphatic carbocycles. The Bertz CT molecular complexity index is 152. The van der Waals surface area contributed by atoms with E-state index in [0.29, 0.717) is 0 Å². The van der Waals surface area contributed by atoms with Gasteiger partial charge in [0.1, 0.15) is 0 Å². The molecule has 14 heavy (non-hydrogen) atoms. The van der Waals surface area contributed by atoms with E-state index in [-0.39, 0.29) is 0 Å². The fourth-order valence-electron chi connectivity index (χ4n) is 1.71. The molecule has 2 heterocycles. The number of nitrogens with zero attached hydrogens (tertiary/aromatic N) is 1. The van der Waals surface area contributed by atoms with Gasteiger partial charge in [0.25, 0.3) is 0 Å². The maximum atomic E-state index is 10.1. The van der Waals surface area contributed by atoms with Crippen LogP contribution in [0.1, 0.15) is 32.1 Å². The van der Waals surface area contributed by atoms with E-state index in [1.165, 1.54) is 37.3 Å². The first-order chi connectivity index (χ1) is 6.80. The van der Waals surface area contributed by atoms with E-state index in [9.17, 15) is 4.79 Å². The van der Waals surface area contributed by atoms with Crippen molar-refractivity contribution in [2.24, 2.45) is 0 Å². The molecular formula is C10H20N2O2. The topological polar surface area (TPSA) is 52.6 Å². The molecule has 2 aliphatic rings. The van der Waals surface area contributed by atoms with Crippen LogP contribution in [0.3, 0.4) is 0 Å². The fraction of sp³-hybridized carbons (Fsp3) is 0.900. The summed E-state index contributed by atoms with van der Waals surface area (Å²) in [4.78, 5) is 11.6. The van der Waals surface area contributed by atoms with Gasteiger partial charge in [0.05, 0.1) is 0 Å². The van der Waals surface area contributed by atoms with E-state index in [4.69, 9.17) is 5.11 Å². The number of nitrogens with one attached hydrogen (secondary N) is 1. The number of carbonyl (C=O) groups is 1. The van der Waals surface area contributed by atoms with Crippen LogP contribution < -0.4 is 5.32 Å². The van der Waals surface area contributed by atoms with E-state index in [2.05, 4.69) is 5.32 Å². The average molecular weight is 200 g/mol. The normalized spacial score (nSPS) is 21.3. The largest absolute Gasteiger partial charge is 0.465 e. The van der Waals surface area contributed by atoms with Crippen LogP contribution in [0.2, 0.25) is 0 Å². The molecule has 0 aromatic heterocycles. The summed E-state index contributed by atoms with van der Waals surface area (Å²) >= 11 is 0. The second kappa shape index (κ2) is 6.65. The molecule has 2 fully saturated rings. The van der Waals surface area contributed by atoms with Crippen LogP contribution in [0.4, 0.5) is 4.79 Å². The molecule has 2 saturated heterocycles. The lowest BCUT2D eigenvalue weighted by molar-refractivity contribution is 0.156. The van der Waals surface area contributed by atoms with Gasteiger partial charge in [-0.2, -0.15) is 0 Å². The van der Waals surface area contributed by atoms with E-state index >= 15 is 0 Å². The molecule has 0 radical (unpaired) electrons. The van der Waals surface area contributed by atoms with Gasteiger partial charge < -0.3 is 15.3 Å². The summed E-state index contributed by atoms with van der Waals surface area (Å²) in [5, 5.41) is 11.6. The Hall–Kier alpha value is -0.770. The SMILES string of the molecule is C1CCNCC1.O=C(O)N1CCCC1. The molecule has 0 saturated carbocycles. The van der Waals surface area contributed by atoms with Crippen molar-refractivity contribution in [1.29, 1.82) is 0 Å². The minimum absolute atomic E-state index is 0.731. The maximum absolute atomic E-state index is 10.1. The van der Waals surface area contributed by atoms with Gasteiger partial charge in [0, 0.05) is 13.1 Å². The van der Waals surface area contributed by atoms with Crippen molar-refractivity contribution in [1.82, 2.24) is 10.2 Å². The van der Waals surface area contributed by atoms with Crippen molar-refractivity contribution in [2.45, 2.75) is 32.1 Å². The molecule has 4 nitrogen and oxygen atoms in total. The Morgan fingerprint density at radius 3 is 1.79 bits per heavy atom. The summed E-state index contributed by atoms with van der Waals surface area (Å²) in [6.45, 7) is 3.96. The summed E-state index contributed by atoms with van der Waals surface area (Å²) < 4.78 is 0. The molecule has 0 aromatic rings. The zero-order valence-corrected chi connectivity index (χ0v) is 8.67. The molecule has 0 atom stereocenters. The third-order valence-electron chi connectivity index (χ3n) is 2.58. The number of hydrogen-bond donors (Lipinski definition) is 2. The van der Waals surface area contributed by atoms with Crippen molar-refractivity contribution in [3.05, 3.63) is 0 Å². The first-order valence-electron chi connectivity index (χ1n) is 5.49. The Kier molecular flexibility index (Phi) is 5.37. The van der Waals surface area contributed by atoms with Gasteiger partial charge in [0.2, 0.25) is 0 Å². The maximum Gasteiger partial charge on any atom is 0.407 e. The first-order valence-corrected chi connectivity index (χ1v) is 5.49. The van der Waals surface area contributed by atoms with Gasteiger partial charge in [-0.3, -0.25) is 0 Å². The van der Waals surface area contributed by atoms with Crippen LogP contribution in [0, 0.1) is 0 Å². The highest BCUT2D eigenvalue weighted by atomic mass is 16.4. The predicted molar refractivity (Wildman–Crippen MR) is 55.6 cm³/mol. The van der Waals surface area contributed by atoms with Gasteiger partial charge in [-0.05, 0) is 38.8 Å². The van der Waals surface area contributed by atoms with Crippen LogP contribution in [-0.4, -0.2) is 42.3 Å². The molecule has 0 unspecified atom stereocenters. The molecule has 82 valence electrons. The van der Waals surface area contributed by atoms with Crippen molar-refractivity contribution in [2.75, 3.05) is 26.2 Å². The van der Waals surface area contributed by atoms with Crippen molar-refractivity contribution in [3.63, 3.8) is 0 Å². The summed E-state index contributed by atoms with van der Waals surface area (Å²) in [6.07, 6.45) is 5.51. The fourth-order valence-corrected chi connectivity index (χ4v) is 1.71. The Balaban J connectivity index is 0.000000146. The molecule has 1 amide bonds. The van der Waals surface area contributed by atoms with Gasteiger partial charge in [0.15, 0.2) is 0 Å². The summed E-state index contributed by atoms with van der Waals surface area (Å²) in [6, 6.07) is 0. The van der Waals surface area contributed by atoms with E-state index in [0.717, 1.165) is 25.9 Å². The second-order valence-corrected chi connectivity index (χ2v) is 3.79. The van der Waals surface area contributed by atoms with E-state index < -0.39 is 6.09 Å². The highest BCUT2D eigenvalue weighted by Crippen LogP contribution is 2.05. The van der Waals surface area contributed by atoms with Crippen molar-refractivity contribution >= 4 is 6.09 Å². The summed E-state index contributed by atoms with van der Waals surface area (Å²) in [7, 11) is 0. The van der Waals surface area contributed by atoms with Gasteiger partial charge in [-0.1, -0.05) is 6.42 Å². The van der Waals surface area contributed by atoms with Crippen LogP contribution in [-0.2, 0) is 0 Å². The second-order valence-electron chi connectivity index (χ2n) is 3.79. The van der Waals surface area contributed by atoms with Crippen LogP contribution in [0.5, 0.6) is 0 Å². The Morgan fingerprint density at radius 1 is 1.00 bits per heavy atom. The number of rotatable bonds is 0. The summed E-state index contributed by atoms with van der Waals surface area (Å²) in [5.74, 6) is 0. The lowest BCUT2D eigenvalue weighted by Gasteiger charge is -2.08. The van der Waals surface area contributed by atoms with Gasteiger partial charge in [-0.25, -0.2) is 4.79 Å². The molecule has 4 heteroatoms. The molecule has 0 aromatic carbocycles. The highest BCUT2D eigenvalue weighted by Gasteiger charge is 2.15. The van der Waals surface area contributed by atoms with E-state index in [1.54, 1.807) is 0 Å². The lowest BCUT2D eigenvalue weighted by atomic mass is 10.2. The van der Waals surface area contributed by atoms with Gasteiger partial charge in [-0.15, -0.1) is 0 Å². The van der Waals surface area contributed by atoms with Crippen molar-refractivity contribution in [3.8, 4) is 0 Å². The minimum atomic E-state index is -0.775. The molecular weight excluding hydrogens is 180 g/mol. The number of hydrogen-bond acceptors (Lipinski definition) is 2. The quantitative estimate of drug-likeness (QED) is 0.623. The van der Waals surface area contributed by atoms with Crippen LogP contribution >= 0.6 is 0 Å². The smallest absolute Gasteiger partial charge is 0.407 e. The number of likely N-dealkylation sites (tertiary alicyclic amines) is 1. The van der Waals surface area contributed by atoms with Crippen LogP contribution in [0.15, 0.2) is 0 Å². The average Bonchev–Trinajstić information content (AvgIpc) is 2.74.